The molecule has 0 aliphatic heterocycles. The van der Waals surface area contributed by atoms with Gasteiger partial charge in [0.2, 0.25) is 10.0 Å². The molecule has 118 valence electrons. The molecular formula is C14H12N4O4S. The van der Waals surface area contributed by atoms with Gasteiger partial charge in [-0.15, -0.1) is 0 Å². The number of rotatable bonds is 4. The topological polar surface area (TPSA) is 131 Å². The number of fused-ring (bicyclic) bond motifs is 1. The fourth-order valence-corrected chi connectivity index (χ4v) is 2.77. The van der Waals surface area contributed by atoms with Crippen LogP contribution >= 0.6 is 0 Å². The highest BCUT2D eigenvalue weighted by molar-refractivity contribution is 7.89. The van der Waals surface area contributed by atoms with Crippen molar-refractivity contribution in [3.63, 3.8) is 0 Å². The first kappa shape index (κ1) is 15.0. The number of nitro groups is 1. The van der Waals surface area contributed by atoms with Crippen LogP contribution in [0.3, 0.4) is 0 Å². The van der Waals surface area contributed by atoms with Crippen molar-refractivity contribution < 1.29 is 13.3 Å². The summed E-state index contributed by atoms with van der Waals surface area (Å²) in [5, 5.41) is 20.1. The molecule has 0 spiro atoms. The number of anilines is 2. The molecule has 0 radical (unpaired) electrons. The summed E-state index contributed by atoms with van der Waals surface area (Å²) in [6, 6.07) is 10.8. The van der Waals surface area contributed by atoms with Crippen LogP contribution in [0.2, 0.25) is 0 Å². The number of nitrogens with zero attached hydrogens (tertiary/aromatic N) is 1. The molecule has 3 rings (SSSR count). The zero-order chi connectivity index (χ0) is 16.6. The molecule has 0 aliphatic carbocycles. The number of benzene rings is 2. The summed E-state index contributed by atoms with van der Waals surface area (Å²) in [5.41, 5.74) is 1.39. The van der Waals surface area contributed by atoms with Crippen molar-refractivity contribution in [1.82, 2.24) is 4.98 Å². The van der Waals surface area contributed by atoms with Gasteiger partial charge in [0.15, 0.2) is 0 Å². The number of hydrogen-bond donors (Lipinski definition) is 3. The Kier molecular flexibility index (Phi) is 3.51. The van der Waals surface area contributed by atoms with Crippen LogP contribution in [0.4, 0.5) is 17.1 Å². The standard InChI is InChI=1S/C14H12N4O4S/c15-23(21,22)11-2-4-13(14(8-11)18(19)20)17-10-1-3-12-9(7-10)5-6-16-12/h1-8,16-17H,(H2,15,21,22). The van der Waals surface area contributed by atoms with Crippen LogP contribution < -0.4 is 10.5 Å². The number of primary sulfonamides is 1. The Morgan fingerprint density at radius 2 is 1.91 bits per heavy atom. The van der Waals surface area contributed by atoms with Crippen molar-refractivity contribution in [3.05, 3.63) is 58.8 Å². The van der Waals surface area contributed by atoms with Crippen LogP contribution in [-0.4, -0.2) is 18.3 Å². The number of nitro benzene ring substituents is 1. The maximum Gasteiger partial charge on any atom is 0.294 e. The number of sulfonamides is 1. The van der Waals surface area contributed by atoms with E-state index in [1.807, 2.05) is 18.2 Å². The minimum Gasteiger partial charge on any atom is -0.361 e. The van der Waals surface area contributed by atoms with E-state index in [9.17, 15) is 18.5 Å². The summed E-state index contributed by atoms with van der Waals surface area (Å²) in [6.45, 7) is 0. The minimum absolute atomic E-state index is 0.178. The van der Waals surface area contributed by atoms with Crippen LogP contribution in [0.5, 0.6) is 0 Å². The molecule has 3 aromatic rings. The maximum atomic E-state index is 11.3. The molecule has 0 saturated heterocycles. The number of aromatic amines is 1. The van der Waals surface area contributed by atoms with Gasteiger partial charge in [0, 0.05) is 28.9 Å². The summed E-state index contributed by atoms with van der Waals surface area (Å²) < 4.78 is 22.7. The largest absolute Gasteiger partial charge is 0.361 e. The lowest BCUT2D eigenvalue weighted by molar-refractivity contribution is -0.384. The van der Waals surface area contributed by atoms with Crippen LogP contribution in [0, 0.1) is 10.1 Å². The second-order valence-corrected chi connectivity index (χ2v) is 6.45. The highest BCUT2D eigenvalue weighted by Crippen LogP contribution is 2.30. The predicted octanol–water partition coefficient (Wildman–Crippen LogP) is 2.47. The molecule has 4 N–H and O–H groups in total. The van der Waals surface area contributed by atoms with Gasteiger partial charge in [0.25, 0.3) is 5.69 Å². The number of hydrogen-bond acceptors (Lipinski definition) is 5. The lowest BCUT2D eigenvalue weighted by Gasteiger charge is -2.08. The SMILES string of the molecule is NS(=O)(=O)c1ccc(Nc2ccc3[nH]ccc3c2)c([N+](=O)[O-])c1. The third-order valence-electron chi connectivity index (χ3n) is 3.33. The van der Waals surface area contributed by atoms with Gasteiger partial charge in [-0.05, 0) is 36.4 Å². The summed E-state index contributed by atoms with van der Waals surface area (Å²) >= 11 is 0. The Hall–Kier alpha value is -2.91. The van der Waals surface area contributed by atoms with E-state index in [1.54, 1.807) is 12.3 Å². The van der Waals surface area contributed by atoms with Gasteiger partial charge in [-0.1, -0.05) is 0 Å². The van der Waals surface area contributed by atoms with Gasteiger partial charge >= 0.3 is 0 Å². The normalized spacial score (nSPS) is 11.5. The van der Waals surface area contributed by atoms with E-state index in [4.69, 9.17) is 5.14 Å². The van der Waals surface area contributed by atoms with Crippen molar-refractivity contribution in [1.29, 1.82) is 0 Å². The number of nitrogens with one attached hydrogen (secondary N) is 2. The number of nitrogens with two attached hydrogens (primary N) is 1. The van der Waals surface area contributed by atoms with E-state index in [-0.39, 0.29) is 16.3 Å². The molecule has 0 aliphatic rings. The first-order valence-corrected chi connectivity index (χ1v) is 8.04. The summed E-state index contributed by atoms with van der Waals surface area (Å²) in [6.07, 6.45) is 1.79. The van der Waals surface area contributed by atoms with Gasteiger partial charge in [0.1, 0.15) is 5.69 Å². The van der Waals surface area contributed by atoms with Crippen molar-refractivity contribution in [2.45, 2.75) is 4.90 Å². The number of aromatic nitrogens is 1. The molecule has 9 heteroatoms. The molecule has 1 aromatic heterocycles. The molecule has 0 atom stereocenters. The monoisotopic (exact) mass is 332 g/mol. The molecule has 0 fully saturated rings. The average Bonchev–Trinajstić information content (AvgIpc) is 2.93. The van der Waals surface area contributed by atoms with Gasteiger partial charge < -0.3 is 10.3 Å². The predicted molar refractivity (Wildman–Crippen MR) is 86.1 cm³/mol. The summed E-state index contributed by atoms with van der Waals surface area (Å²) in [4.78, 5) is 13.3. The van der Waals surface area contributed by atoms with Crippen molar-refractivity contribution >= 4 is 38.0 Å². The van der Waals surface area contributed by atoms with E-state index in [2.05, 4.69) is 10.3 Å². The Morgan fingerprint density at radius 1 is 1.13 bits per heavy atom. The zero-order valence-corrected chi connectivity index (χ0v) is 12.5. The third-order valence-corrected chi connectivity index (χ3v) is 4.24. The van der Waals surface area contributed by atoms with Crippen LogP contribution in [0.25, 0.3) is 10.9 Å². The van der Waals surface area contributed by atoms with Crippen molar-refractivity contribution in [3.8, 4) is 0 Å². The molecule has 0 unspecified atom stereocenters. The number of H-pyrrole nitrogens is 1. The highest BCUT2D eigenvalue weighted by atomic mass is 32.2. The fourth-order valence-electron chi connectivity index (χ4n) is 2.23. The first-order chi connectivity index (χ1) is 10.8. The second-order valence-electron chi connectivity index (χ2n) is 4.89. The zero-order valence-electron chi connectivity index (χ0n) is 11.7. The smallest absolute Gasteiger partial charge is 0.294 e. The summed E-state index contributed by atoms with van der Waals surface area (Å²) in [7, 11) is -4.01. The summed E-state index contributed by atoms with van der Waals surface area (Å²) in [5.74, 6) is 0. The first-order valence-electron chi connectivity index (χ1n) is 6.50. The van der Waals surface area contributed by atoms with Gasteiger partial charge in [-0.2, -0.15) is 0 Å². The second kappa shape index (κ2) is 5.38. The van der Waals surface area contributed by atoms with Gasteiger partial charge in [0.05, 0.1) is 9.82 Å². The van der Waals surface area contributed by atoms with E-state index >= 15 is 0 Å². The van der Waals surface area contributed by atoms with Gasteiger partial charge in [-0.25, -0.2) is 13.6 Å². The third kappa shape index (κ3) is 3.00. The maximum absolute atomic E-state index is 11.3. The van der Waals surface area contributed by atoms with Crippen LogP contribution in [0.1, 0.15) is 0 Å². The average molecular weight is 332 g/mol. The van der Waals surface area contributed by atoms with E-state index in [0.717, 1.165) is 17.0 Å². The van der Waals surface area contributed by atoms with E-state index < -0.39 is 14.9 Å². The molecule has 0 saturated carbocycles. The molecule has 1 heterocycles. The van der Waals surface area contributed by atoms with E-state index in [0.29, 0.717) is 5.69 Å². The van der Waals surface area contributed by atoms with Crippen molar-refractivity contribution in [2.75, 3.05) is 5.32 Å². The lowest BCUT2D eigenvalue weighted by atomic mass is 10.2. The molecular weight excluding hydrogens is 320 g/mol. The van der Waals surface area contributed by atoms with Crippen LogP contribution in [-0.2, 0) is 10.0 Å². The minimum atomic E-state index is -4.01. The Labute approximate surface area is 131 Å². The molecule has 0 amide bonds. The van der Waals surface area contributed by atoms with Crippen LogP contribution in [0.15, 0.2) is 53.6 Å². The molecule has 23 heavy (non-hydrogen) atoms. The molecule has 2 aromatic carbocycles. The van der Waals surface area contributed by atoms with E-state index in [1.165, 1.54) is 12.1 Å². The molecule has 8 nitrogen and oxygen atoms in total. The Balaban J connectivity index is 2.03. The lowest BCUT2D eigenvalue weighted by Crippen LogP contribution is -2.12. The fraction of sp³-hybridized carbons (Fsp3) is 0. The quantitative estimate of drug-likeness (QED) is 0.499. The Bertz CT molecular complexity index is 1010. The highest BCUT2D eigenvalue weighted by Gasteiger charge is 2.19. The van der Waals surface area contributed by atoms with Crippen molar-refractivity contribution in [2.24, 2.45) is 5.14 Å². The molecule has 0 bridgehead atoms. The van der Waals surface area contributed by atoms with Gasteiger partial charge in [-0.3, -0.25) is 10.1 Å². The Morgan fingerprint density at radius 3 is 2.61 bits per heavy atom.